The quantitative estimate of drug-likeness (QED) is 0.385. The molecule has 2 heterocycles. The number of benzene rings is 2. The van der Waals surface area contributed by atoms with E-state index in [0.717, 1.165) is 5.56 Å². The summed E-state index contributed by atoms with van der Waals surface area (Å²) in [6.45, 7) is 1.87. The minimum Gasteiger partial charge on any atom is -0.320 e. The monoisotopic (exact) mass is 404 g/mol. The second-order valence-corrected chi connectivity index (χ2v) is 6.44. The molecule has 0 saturated heterocycles. The Morgan fingerprint density at radius 3 is 2.67 bits per heavy atom. The average Bonchev–Trinajstić information content (AvgIpc) is 3.40. The lowest BCUT2D eigenvalue weighted by Gasteiger charge is -2.06. The first kappa shape index (κ1) is 18.9. The predicted octanol–water partition coefficient (Wildman–Crippen LogP) is 2.51. The van der Waals surface area contributed by atoms with Gasteiger partial charge in [0.15, 0.2) is 12.4 Å². The molecule has 0 aliphatic carbocycles. The van der Waals surface area contributed by atoms with Gasteiger partial charge in [0.2, 0.25) is 5.82 Å². The molecule has 0 aliphatic heterocycles. The number of aromatic nitrogens is 6. The summed E-state index contributed by atoms with van der Waals surface area (Å²) in [5, 5.41) is 30.1. The molecule has 4 rings (SSSR count). The average molecular weight is 404 g/mol. The summed E-state index contributed by atoms with van der Waals surface area (Å²) in [6, 6.07) is 15.2. The summed E-state index contributed by atoms with van der Waals surface area (Å²) in [7, 11) is 0. The summed E-state index contributed by atoms with van der Waals surface area (Å²) in [6.07, 6.45) is 1.63. The maximum atomic E-state index is 12.5. The van der Waals surface area contributed by atoms with Crippen molar-refractivity contribution in [3.8, 4) is 11.4 Å². The van der Waals surface area contributed by atoms with Gasteiger partial charge in [-0.1, -0.05) is 30.3 Å². The number of nitrogens with one attached hydrogen (secondary N) is 1. The standard InChI is InChI=1S/C19H16N8O3/c1-13-11-15(27(29)30)7-8-16(13)20-19(28)17-9-10-25(22-17)12-26-23-18(21-24-26)14-5-3-2-4-6-14/h2-11H,12H2,1H3,(H,20,28). The Bertz CT molecular complexity index is 1220. The van der Waals surface area contributed by atoms with Crippen LogP contribution < -0.4 is 5.32 Å². The van der Waals surface area contributed by atoms with Crippen molar-refractivity contribution in [1.82, 2.24) is 30.0 Å². The van der Waals surface area contributed by atoms with Crippen molar-refractivity contribution < 1.29 is 9.72 Å². The largest absolute Gasteiger partial charge is 0.320 e. The second kappa shape index (κ2) is 7.91. The number of hydrogen-bond acceptors (Lipinski definition) is 7. The molecule has 0 fully saturated rings. The number of nitro groups is 1. The number of anilines is 1. The van der Waals surface area contributed by atoms with E-state index in [1.165, 1.54) is 27.7 Å². The van der Waals surface area contributed by atoms with Crippen molar-refractivity contribution in [2.24, 2.45) is 0 Å². The van der Waals surface area contributed by atoms with Crippen molar-refractivity contribution in [3.05, 3.63) is 82.2 Å². The minimum absolute atomic E-state index is 0.0371. The molecule has 1 N–H and O–H groups in total. The topological polar surface area (TPSA) is 134 Å². The molecule has 0 saturated carbocycles. The van der Waals surface area contributed by atoms with Gasteiger partial charge in [0.05, 0.1) is 4.92 Å². The fourth-order valence-electron chi connectivity index (χ4n) is 2.79. The molecule has 0 radical (unpaired) electrons. The van der Waals surface area contributed by atoms with Crippen LogP contribution in [-0.4, -0.2) is 40.8 Å². The summed E-state index contributed by atoms with van der Waals surface area (Å²) in [5.74, 6) is 0.0663. The fraction of sp³-hybridized carbons (Fsp3) is 0.105. The molecule has 0 aliphatic rings. The van der Waals surface area contributed by atoms with Crippen LogP contribution in [0.25, 0.3) is 11.4 Å². The van der Waals surface area contributed by atoms with Gasteiger partial charge in [-0.05, 0) is 29.8 Å². The third kappa shape index (κ3) is 4.04. The van der Waals surface area contributed by atoms with E-state index < -0.39 is 10.8 Å². The smallest absolute Gasteiger partial charge is 0.276 e. The highest BCUT2D eigenvalue weighted by Crippen LogP contribution is 2.21. The number of amides is 1. The Kier molecular flexibility index (Phi) is 4.99. The zero-order chi connectivity index (χ0) is 21.1. The number of hydrogen-bond donors (Lipinski definition) is 1. The van der Waals surface area contributed by atoms with Crippen LogP contribution in [0.1, 0.15) is 16.1 Å². The lowest BCUT2D eigenvalue weighted by Crippen LogP contribution is -2.16. The first-order chi connectivity index (χ1) is 14.5. The Morgan fingerprint density at radius 2 is 1.93 bits per heavy atom. The van der Waals surface area contributed by atoms with Crippen molar-refractivity contribution in [3.63, 3.8) is 0 Å². The number of aryl methyl sites for hydroxylation is 1. The molecule has 2 aromatic carbocycles. The van der Waals surface area contributed by atoms with Gasteiger partial charge in [0, 0.05) is 29.6 Å². The molecule has 11 heteroatoms. The van der Waals surface area contributed by atoms with Crippen LogP contribution >= 0.6 is 0 Å². The molecule has 30 heavy (non-hydrogen) atoms. The van der Waals surface area contributed by atoms with Gasteiger partial charge in [-0.2, -0.15) is 5.10 Å². The first-order valence-corrected chi connectivity index (χ1v) is 8.93. The summed E-state index contributed by atoms with van der Waals surface area (Å²) >= 11 is 0. The van der Waals surface area contributed by atoms with Crippen molar-refractivity contribution in [1.29, 1.82) is 0 Å². The number of tetrazole rings is 1. The SMILES string of the molecule is Cc1cc([N+](=O)[O-])ccc1NC(=O)c1ccn(Cn2nnc(-c3ccccc3)n2)n1. The predicted molar refractivity (Wildman–Crippen MR) is 107 cm³/mol. The van der Waals surface area contributed by atoms with E-state index in [-0.39, 0.29) is 18.1 Å². The molecule has 1 amide bonds. The number of carbonyl (C=O) groups is 1. The molecule has 4 aromatic rings. The van der Waals surface area contributed by atoms with Gasteiger partial charge in [0.1, 0.15) is 0 Å². The van der Waals surface area contributed by atoms with Crippen molar-refractivity contribution in [2.75, 3.05) is 5.32 Å². The molecular weight excluding hydrogens is 388 g/mol. The highest BCUT2D eigenvalue weighted by atomic mass is 16.6. The zero-order valence-electron chi connectivity index (χ0n) is 15.8. The van der Waals surface area contributed by atoms with Crippen LogP contribution in [0.4, 0.5) is 11.4 Å². The Morgan fingerprint density at radius 1 is 1.13 bits per heavy atom. The summed E-state index contributed by atoms with van der Waals surface area (Å²) in [5.41, 5.74) is 2.06. The first-order valence-electron chi connectivity index (χ1n) is 8.93. The van der Waals surface area contributed by atoms with Gasteiger partial charge < -0.3 is 5.32 Å². The fourth-order valence-corrected chi connectivity index (χ4v) is 2.79. The molecule has 0 atom stereocenters. The van der Waals surface area contributed by atoms with Crippen LogP contribution in [0.5, 0.6) is 0 Å². The normalized spacial score (nSPS) is 10.7. The lowest BCUT2D eigenvalue weighted by molar-refractivity contribution is -0.384. The van der Waals surface area contributed by atoms with Crippen LogP contribution in [-0.2, 0) is 6.67 Å². The lowest BCUT2D eigenvalue weighted by atomic mass is 10.1. The Balaban J connectivity index is 1.43. The van der Waals surface area contributed by atoms with Gasteiger partial charge >= 0.3 is 0 Å². The third-order valence-electron chi connectivity index (χ3n) is 4.30. The Labute approximate surface area is 170 Å². The third-order valence-corrected chi connectivity index (χ3v) is 4.30. The van der Waals surface area contributed by atoms with Gasteiger partial charge in [-0.3, -0.25) is 14.9 Å². The van der Waals surface area contributed by atoms with Crippen LogP contribution in [0.15, 0.2) is 60.8 Å². The van der Waals surface area contributed by atoms with Crippen molar-refractivity contribution in [2.45, 2.75) is 13.6 Å². The second-order valence-electron chi connectivity index (χ2n) is 6.44. The van der Waals surface area contributed by atoms with E-state index in [9.17, 15) is 14.9 Å². The van der Waals surface area contributed by atoms with Crippen molar-refractivity contribution >= 4 is 17.3 Å². The maximum absolute atomic E-state index is 12.5. The van der Waals surface area contributed by atoms with E-state index in [1.807, 2.05) is 30.3 Å². The van der Waals surface area contributed by atoms with E-state index in [2.05, 4.69) is 25.8 Å². The summed E-state index contributed by atoms with van der Waals surface area (Å²) < 4.78 is 1.51. The van der Waals surface area contributed by atoms with Gasteiger partial charge in [-0.15, -0.1) is 15.0 Å². The molecule has 150 valence electrons. The van der Waals surface area contributed by atoms with E-state index in [0.29, 0.717) is 17.1 Å². The minimum atomic E-state index is -0.484. The number of rotatable bonds is 6. The summed E-state index contributed by atoms with van der Waals surface area (Å²) in [4.78, 5) is 24.2. The van der Waals surface area contributed by atoms with E-state index in [4.69, 9.17) is 0 Å². The van der Waals surface area contributed by atoms with Gasteiger partial charge in [-0.25, -0.2) is 4.68 Å². The molecule has 11 nitrogen and oxygen atoms in total. The van der Waals surface area contributed by atoms with E-state index in [1.54, 1.807) is 19.2 Å². The maximum Gasteiger partial charge on any atom is 0.276 e. The molecule has 2 aromatic heterocycles. The van der Waals surface area contributed by atoms with Crippen LogP contribution in [0, 0.1) is 17.0 Å². The number of nitro benzene ring substituents is 1. The van der Waals surface area contributed by atoms with Crippen LogP contribution in [0.3, 0.4) is 0 Å². The number of nitrogens with zero attached hydrogens (tertiary/aromatic N) is 7. The van der Waals surface area contributed by atoms with E-state index >= 15 is 0 Å². The molecule has 0 bridgehead atoms. The highest BCUT2D eigenvalue weighted by molar-refractivity contribution is 6.03. The number of carbonyl (C=O) groups excluding carboxylic acids is 1. The highest BCUT2D eigenvalue weighted by Gasteiger charge is 2.14. The molecule has 0 unspecified atom stereocenters. The van der Waals surface area contributed by atoms with Crippen LogP contribution in [0.2, 0.25) is 0 Å². The molecule has 0 spiro atoms. The van der Waals surface area contributed by atoms with Gasteiger partial charge in [0.25, 0.3) is 11.6 Å². The Hall–Kier alpha value is -4.41. The molecular formula is C19H16N8O3. The number of non-ortho nitro benzene ring substituents is 1. The zero-order valence-corrected chi connectivity index (χ0v) is 15.8.